The third-order valence-corrected chi connectivity index (χ3v) is 2.84. The minimum atomic E-state index is -0.0464. The van der Waals surface area contributed by atoms with Crippen LogP contribution in [0.4, 0.5) is 0 Å². The summed E-state index contributed by atoms with van der Waals surface area (Å²) in [7, 11) is 0. The maximum Gasteiger partial charge on any atom is 0.121 e. The second kappa shape index (κ2) is 2.48. The van der Waals surface area contributed by atoms with Crippen LogP contribution >= 0.6 is 22.9 Å². The van der Waals surface area contributed by atoms with E-state index < -0.39 is 0 Å². The Kier molecular flexibility index (Phi) is 1.60. The fourth-order valence-electron chi connectivity index (χ4n) is 0.945. The van der Waals surface area contributed by atoms with E-state index in [9.17, 15) is 0 Å². The van der Waals surface area contributed by atoms with E-state index in [-0.39, 0.29) is 6.61 Å². The van der Waals surface area contributed by atoms with Crippen molar-refractivity contribution in [2.24, 2.45) is 0 Å². The minimum absolute atomic E-state index is 0.0464. The van der Waals surface area contributed by atoms with E-state index >= 15 is 0 Å². The normalized spacial score (nSPS) is 11.1. The Morgan fingerprint density at radius 1 is 1.73 bits per heavy atom. The summed E-state index contributed by atoms with van der Waals surface area (Å²) in [6.45, 7) is -0.0464. The van der Waals surface area contributed by atoms with Gasteiger partial charge in [-0.2, -0.15) is 0 Å². The maximum absolute atomic E-state index is 8.90. The molecule has 0 amide bonds. The molecule has 0 fully saturated rings. The van der Waals surface area contributed by atoms with Crippen molar-refractivity contribution in [1.29, 1.82) is 0 Å². The molecule has 0 aromatic carbocycles. The third-order valence-electron chi connectivity index (χ3n) is 1.47. The van der Waals surface area contributed by atoms with Crippen LogP contribution in [0.1, 0.15) is 5.69 Å². The smallest absolute Gasteiger partial charge is 0.121 e. The quantitative estimate of drug-likeness (QED) is 0.737. The van der Waals surface area contributed by atoms with Gasteiger partial charge in [-0.15, -0.1) is 11.3 Å². The first-order chi connectivity index (χ1) is 5.33. The molecule has 0 saturated heterocycles. The molecule has 0 aliphatic heterocycles. The van der Waals surface area contributed by atoms with E-state index in [0.717, 1.165) is 4.83 Å². The van der Waals surface area contributed by atoms with Crippen molar-refractivity contribution in [1.82, 2.24) is 9.38 Å². The van der Waals surface area contributed by atoms with Gasteiger partial charge in [-0.1, -0.05) is 11.6 Å². The number of hydrogen-bond donors (Lipinski definition) is 1. The van der Waals surface area contributed by atoms with Crippen LogP contribution in [0.15, 0.2) is 12.5 Å². The molecule has 5 heteroatoms. The van der Waals surface area contributed by atoms with Gasteiger partial charge in [0, 0.05) is 0 Å². The average molecular weight is 189 g/mol. The lowest BCUT2D eigenvalue weighted by molar-refractivity contribution is 0.276. The molecule has 11 heavy (non-hydrogen) atoms. The molecule has 2 heterocycles. The van der Waals surface area contributed by atoms with Crippen LogP contribution in [0.3, 0.4) is 0 Å². The van der Waals surface area contributed by atoms with Crippen molar-refractivity contribution in [3.63, 3.8) is 0 Å². The Hall–Kier alpha value is -0.580. The van der Waals surface area contributed by atoms with Gasteiger partial charge in [0.1, 0.15) is 15.5 Å². The summed E-state index contributed by atoms with van der Waals surface area (Å²) < 4.78 is 2.41. The van der Waals surface area contributed by atoms with E-state index in [0.29, 0.717) is 10.0 Å². The van der Waals surface area contributed by atoms with E-state index in [1.807, 2.05) is 0 Å². The molecule has 2 aromatic rings. The standard InChI is InChI=1S/C6H5ClN2OS/c7-6-4(2-10)9-3-8-1-5(9)11-6/h1,3,10H,2H2. The molecule has 0 aliphatic carbocycles. The summed E-state index contributed by atoms with van der Waals surface area (Å²) in [5.41, 5.74) is 0.712. The number of nitrogens with zero attached hydrogens (tertiary/aromatic N) is 2. The summed E-state index contributed by atoms with van der Waals surface area (Å²) in [5.74, 6) is 0. The van der Waals surface area contributed by atoms with Gasteiger partial charge in [0.05, 0.1) is 18.5 Å². The monoisotopic (exact) mass is 188 g/mol. The Bertz CT molecular complexity index is 381. The largest absolute Gasteiger partial charge is 0.390 e. The molecule has 0 unspecified atom stereocenters. The molecular formula is C6H5ClN2OS. The highest BCUT2D eigenvalue weighted by atomic mass is 35.5. The van der Waals surface area contributed by atoms with Gasteiger partial charge in [-0.25, -0.2) is 4.98 Å². The Morgan fingerprint density at radius 3 is 3.27 bits per heavy atom. The number of rotatable bonds is 1. The van der Waals surface area contributed by atoms with Crippen LogP contribution in [0, 0.1) is 0 Å². The van der Waals surface area contributed by atoms with Gasteiger partial charge in [0.2, 0.25) is 0 Å². The molecule has 0 saturated carbocycles. The van der Waals surface area contributed by atoms with Gasteiger partial charge >= 0.3 is 0 Å². The molecule has 58 valence electrons. The topological polar surface area (TPSA) is 37.5 Å². The fourth-order valence-corrected chi connectivity index (χ4v) is 2.17. The van der Waals surface area contributed by atoms with Crippen LogP contribution in [0.5, 0.6) is 0 Å². The summed E-state index contributed by atoms with van der Waals surface area (Å²) in [5, 5.41) is 8.90. The molecule has 0 spiro atoms. The Balaban J connectivity index is 2.80. The number of imidazole rings is 1. The lowest BCUT2D eigenvalue weighted by Gasteiger charge is -1.91. The molecule has 1 N–H and O–H groups in total. The molecule has 0 aliphatic rings. The predicted molar refractivity (Wildman–Crippen MR) is 44.0 cm³/mol. The first kappa shape index (κ1) is 7.09. The van der Waals surface area contributed by atoms with Crippen molar-refractivity contribution >= 4 is 27.8 Å². The Labute approximate surface area is 71.9 Å². The molecule has 2 rings (SSSR count). The number of thiazole rings is 1. The van der Waals surface area contributed by atoms with Crippen molar-refractivity contribution in [3.05, 3.63) is 22.6 Å². The molecule has 0 radical (unpaired) electrons. The van der Waals surface area contributed by atoms with Gasteiger partial charge in [-0.05, 0) is 0 Å². The average Bonchev–Trinajstić information content (AvgIpc) is 2.46. The summed E-state index contributed by atoms with van der Waals surface area (Å²) >= 11 is 7.23. The van der Waals surface area contributed by atoms with E-state index in [4.69, 9.17) is 16.7 Å². The second-order valence-corrected chi connectivity index (χ2v) is 3.72. The molecule has 2 aromatic heterocycles. The van der Waals surface area contributed by atoms with Crippen LogP contribution in [0.2, 0.25) is 4.34 Å². The minimum Gasteiger partial charge on any atom is -0.390 e. The number of aromatic nitrogens is 2. The number of aliphatic hydroxyl groups excluding tert-OH is 1. The van der Waals surface area contributed by atoms with Crippen molar-refractivity contribution in [2.75, 3.05) is 0 Å². The Morgan fingerprint density at radius 2 is 2.55 bits per heavy atom. The van der Waals surface area contributed by atoms with Crippen molar-refractivity contribution < 1.29 is 5.11 Å². The summed E-state index contributed by atoms with van der Waals surface area (Å²) in [6, 6.07) is 0. The van der Waals surface area contributed by atoms with Gasteiger partial charge in [-0.3, -0.25) is 4.40 Å². The van der Waals surface area contributed by atoms with Crippen LogP contribution < -0.4 is 0 Å². The fraction of sp³-hybridized carbons (Fsp3) is 0.167. The molecular weight excluding hydrogens is 184 g/mol. The van der Waals surface area contributed by atoms with E-state index in [2.05, 4.69) is 4.98 Å². The van der Waals surface area contributed by atoms with Gasteiger partial charge in [0.25, 0.3) is 0 Å². The zero-order chi connectivity index (χ0) is 7.84. The summed E-state index contributed by atoms with van der Waals surface area (Å²) in [4.78, 5) is 4.87. The number of aliphatic hydroxyl groups is 1. The van der Waals surface area contributed by atoms with Crippen LogP contribution in [0.25, 0.3) is 4.83 Å². The van der Waals surface area contributed by atoms with Crippen LogP contribution in [-0.4, -0.2) is 14.5 Å². The number of halogens is 1. The van der Waals surface area contributed by atoms with E-state index in [1.54, 1.807) is 16.9 Å². The lowest BCUT2D eigenvalue weighted by atomic mass is 10.5. The zero-order valence-electron chi connectivity index (χ0n) is 5.49. The van der Waals surface area contributed by atoms with E-state index in [1.165, 1.54) is 11.3 Å². The van der Waals surface area contributed by atoms with Crippen molar-refractivity contribution in [3.8, 4) is 0 Å². The first-order valence-corrected chi connectivity index (χ1v) is 4.22. The number of fused-ring (bicyclic) bond motifs is 1. The SMILES string of the molecule is OCc1c(Cl)sc2cncn12. The molecule has 0 bridgehead atoms. The van der Waals surface area contributed by atoms with Crippen molar-refractivity contribution in [2.45, 2.75) is 6.61 Å². The predicted octanol–water partition coefficient (Wildman–Crippen LogP) is 1.54. The van der Waals surface area contributed by atoms with Crippen LogP contribution in [-0.2, 0) is 6.61 Å². The molecule has 0 atom stereocenters. The highest BCUT2D eigenvalue weighted by Crippen LogP contribution is 2.27. The number of hydrogen-bond acceptors (Lipinski definition) is 3. The second-order valence-electron chi connectivity index (χ2n) is 2.08. The lowest BCUT2D eigenvalue weighted by Crippen LogP contribution is -1.88. The summed E-state index contributed by atoms with van der Waals surface area (Å²) in [6.07, 6.45) is 3.36. The van der Waals surface area contributed by atoms with Gasteiger partial charge < -0.3 is 5.11 Å². The highest BCUT2D eigenvalue weighted by molar-refractivity contribution is 7.21. The molecule has 3 nitrogen and oxygen atoms in total. The highest BCUT2D eigenvalue weighted by Gasteiger charge is 2.08. The maximum atomic E-state index is 8.90. The third kappa shape index (κ3) is 0.946. The van der Waals surface area contributed by atoms with Gasteiger partial charge in [0.15, 0.2) is 0 Å². The first-order valence-electron chi connectivity index (χ1n) is 3.03. The zero-order valence-corrected chi connectivity index (χ0v) is 7.06.